The Morgan fingerprint density at radius 2 is 1.91 bits per heavy atom. The highest BCUT2D eigenvalue weighted by Gasteiger charge is 2.35. The quantitative estimate of drug-likeness (QED) is 0.830. The van der Waals surface area contributed by atoms with Gasteiger partial charge in [0.05, 0.1) is 0 Å². The topological polar surface area (TPSA) is 81.9 Å². The maximum atomic E-state index is 13.0. The van der Waals surface area contributed by atoms with Gasteiger partial charge >= 0.3 is 0 Å². The summed E-state index contributed by atoms with van der Waals surface area (Å²) in [6, 6.07) is 3.13. The number of benzene rings is 1. The summed E-state index contributed by atoms with van der Waals surface area (Å²) in [6.07, 6.45) is 1.34. The molecule has 2 aliphatic rings. The molecule has 0 amide bonds. The zero-order valence-electron chi connectivity index (χ0n) is 12.3. The fourth-order valence-corrected chi connectivity index (χ4v) is 5.57. The van der Waals surface area contributed by atoms with Gasteiger partial charge < -0.3 is 15.2 Å². The summed E-state index contributed by atoms with van der Waals surface area (Å²) >= 11 is 3.34. The molecule has 2 atom stereocenters. The maximum Gasteiger partial charge on any atom is 0.244 e. The summed E-state index contributed by atoms with van der Waals surface area (Å²) in [5.74, 6) is 1.03. The van der Waals surface area contributed by atoms with Crippen molar-refractivity contribution >= 4 is 26.0 Å². The van der Waals surface area contributed by atoms with Crippen molar-refractivity contribution in [2.24, 2.45) is 5.73 Å². The average Bonchev–Trinajstić information content (AvgIpc) is 2.46. The number of nitrogens with two attached hydrogens (primary N) is 1. The Morgan fingerprint density at radius 1 is 1.27 bits per heavy atom. The maximum absolute atomic E-state index is 13.0. The molecule has 0 aromatic heterocycles. The number of halogens is 1. The van der Waals surface area contributed by atoms with E-state index in [0.29, 0.717) is 48.6 Å². The highest BCUT2D eigenvalue weighted by molar-refractivity contribution is 9.10. The first-order valence-corrected chi connectivity index (χ1v) is 9.49. The van der Waals surface area contributed by atoms with E-state index in [1.807, 2.05) is 6.92 Å². The monoisotopic (exact) mass is 390 g/mol. The van der Waals surface area contributed by atoms with E-state index in [2.05, 4.69) is 15.9 Å². The van der Waals surface area contributed by atoms with Gasteiger partial charge in [0.15, 0.2) is 11.5 Å². The molecule has 2 aliphatic heterocycles. The van der Waals surface area contributed by atoms with Crippen molar-refractivity contribution in [3.05, 3.63) is 16.6 Å². The van der Waals surface area contributed by atoms with Crippen LogP contribution in [0, 0.1) is 0 Å². The second-order valence-corrected chi connectivity index (χ2v) is 8.39. The number of hydrogen-bond acceptors (Lipinski definition) is 5. The Morgan fingerprint density at radius 3 is 2.55 bits per heavy atom. The van der Waals surface area contributed by atoms with Crippen LogP contribution in [-0.4, -0.2) is 44.6 Å². The normalized spacial score (nSPS) is 26.0. The lowest BCUT2D eigenvalue weighted by molar-refractivity contribution is 0.170. The van der Waals surface area contributed by atoms with Crippen LogP contribution in [0.25, 0.3) is 0 Å². The lowest BCUT2D eigenvalue weighted by Gasteiger charge is -2.35. The van der Waals surface area contributed by atoms with Gasteiger partial charge in [0, 0.05) is 29.2 Å². The van der Waals surface area contributed by atoms with E-state index in [0.717, 1.165) is 0 Å². The van der Waals surface area contributed by atoms with Gasteiger partial charge in [-0.05, 0) is 41.8 Å². The molecule has 8 heteroatoms. The van der Waals surface area contributed by atoms with Crippen molar-refractivity contribution in [3.63, 3.8) is 0 Å². The molecule has 122 valence electrons. The predicted molar refractivity (Wildman–Crippen MR) is 85.7 cm³/mol. The molecule has 6 nitrogen and oxygen atoms in total. The summed E-state index contributed by atoms with van der Waals surface area (Å²) in [7, 11) is -3.60. The van der Waals surface area contributed by atoms with Crippen LogP contribution in [0.5, 0.6) is 11.5 Å². The highest BCUT2D eigenvalue weighted by atomic mass is 79.9. The van der Waals surface area contributed by atoms with Gasteiger partial charge in [0.25, 0.3) is 0 Å². The molecular formula is C14H19BrN2O4S. The van der Waals surface area contributed by atoms with Crippen molar-refractivity contribution in [3.8, 4) is 11.5 Å². The molecule has 1 fully saturated rings. The van der Waals surface area contributed by atoms with E-state index in [-0.39, 0.29) is 17.0 Å². The van der Waals surface area contributed by atoms with Crippen molar-refractivity contribution in [2.75, 3.05) is 19.8 Å². The average molecular weight is 391 g/mol. The summed E-state index contributed by atoms with van der Waals surface area (Å²) in [6.45, 7) is 3.21. The second-order valence-electron chi connectivity index (χ2n) is 5.68. The molecule has 22 heavy (non-hydrogen) atoms. The standard InChI is InChI=1S/C14H19BrN2O4S/c1-9-6-10(16)2-3-17(9)22(18,19)14-8-13-12(7-11(14)15)20-4-5-21-13/h7-10H,2-6,16H2,1H3/t9-,10+/m1/s1. The van der Waals surface area contributed by atoms with E-state index < -0.39 is 10.0 Å². The number of hydrogen-bond donors (Lipinski definition) is 1. The van der Waals surface area contributed by atoms with Crippen LogP contribution in [0.1, 0.15) is 19.8 Å². The fraction of sp³-hybridized carbons (Fsp3) is 0.571. The summed E-state index contributed by atoms with van der Waals surface area (Å²) in [4.78, 5) is 0.207. The third-order valence-corrected chi connectivity index (χ3v) is 7.01. The molecule has 0 bridgehead atoms. The van der Waals surface area contributed by atoms with Gasteiger partial charge in [-0.25, -0.2) is 8.42 Å². The number of ether oxygens (including phenoxy) is 2. The predicted octanol–water partition coefficient (Wildman–Crippen LogP) is 1.72. The number of fused-ring (bicyclic) bond motifs is 1. The van der Waals surface area contributed by atoms with Gasteiger partial charge in [0.2, 0.25) is 10.0 Å². The molecule has 1 aromatic carbocycles. The molecule has 0 saturated carbocycles. The van der Waals surface area contributed by atoms with Crippen LogP contribution >= 0.6 is 15.9 Å². The van der Waals surface area contributed by atoms with Gasteiger partial charge in [-0.1, -0.05) is 0 Å². The molecule has 0 aliphatic carbocycles. The minimum Gasteiger partial charge on any atom is -0.486 e. The van der Waals surface area contributed by atoms with Crippen LogP contribution in [0.4, 0.5) is 0 Å². The van der Waals surface area contributed by atoms with Gasteiger partial charge in [-0.3, -0.25) is 0 Å². The Kier molecular flexibility index (Phi) is 4.37. The van der Waals surface area contributed by atoms with Crippen molar-refractivity contribution in [1.29, 1.82) is 0 Å². The van der Waals surface area contributed by atoms with Crippen LogP contribution in [0.2, 0.25) is 0 Å². The smallest absolute Gasteiger partial charge is 0.244 e. The molecule has 1 saturated heterocycles. The van der Waals surface area contributed by atoms with Crippen LogP contribution in [-0.2, 0) is 10.0 Å². The number of nitrogens with zero attached hydrogens (tertiary/aromatic N) is 1. The number of piperidine rings is 1. The van der Waals surface area contributed by atoms with Crippen LogP contribution in [0.15, 0.2) is 21.5 Å². The van der Waals surface area contributed by atoms with Crippen LogP contribution < -0.4 is 15.2 Å². The second kappa shape index (κ2) is 5.99. The molecule has 1 aromatic rings. The van der Waals surface area contributed by atoms with E-state index in [1.165, 1.54) is 10.4 Å². The third-order valence-electron chi connectivity index (χ3n) is 4.04. The number of sulfonamides is 1. The van der Waals surface area contributed by atoms with Gasteiger partial charge in [-0.2, -0.15) is 4.31 Å². The molecule has 2 heterocycles. The SMILES string of the molecule is C[C@@H]1C[C@@H](N)CCN1S(=O)(=O)c1cc2c(cc1Br)OCCO2. The Bertz CT molecular complexity index is 680. The largest absolute Gasteiger partial charge is 0.486 e. The summed E-state index contributed by atoms with van der Waals surface area (Å²) in [5.41, 5.74) is 5.92. The van der Waals surface area contributed by atoms with E-state index in [9.17, 15) is 8.42 Å². The van der Waals surface area contributed by atoms with E-state index >= 15 is 0 Å². The fourth-order valence-electron chi connectivity index (χ4n) is 2.91. The van der Waals surface area contributed by atoms with Crippen molar-refractivity contribution < 1.29 is 17.9 Å². The zero-order valence-corrected chi connectivity index (χ0v) is 14.7. The summed E-state index contributed by atoms with van der Waals surface area (Å²) < 4.78 is 38.9. The first kappa shape index (κ1) is 16.0. The molecule has 3 rings (SSSR count). The van der Waals surface area contributed by atoms with Crippen LogP contribution in [0.3, 0.4) is 0 Å². The minimum atomic E-state index is -3.60. The Hall–Kier alpha value is -0.830. The van der Waals surface area contributed by atoms with Gasteiger partial charge in [-0.15, -0.1) is 0 Å². The first-order valence-electron chi connectivity index (χ1n) is 7.26. The lowest BCUT2D eigenvalue weighted by Crippen LogP contribution is -2.48. The molecular weight excluding hydrogens is 372 g/mol. The first-order chi connectivity index (χ1) is 10.4. The minimum absolute atomic E-state index is 0.0603. The van der Waals surface area contributed by atoms with Crippen molar-refractivity contribution in [1.82, 2.24) is 4.31 Å². The summed E-state index contributed by atoms with van der Waals surface area (Å²) in [5, 5.41) is 0. The van der Waals surface area contributed by atoms with Crippen molar-refractivity contribution in [2.45, 2.75) is 36.7 Å². The molecule has 0 radical (unpaired) electrons. The van der Waals surface area contributed by atoms with Gasteiger partial charge in [0.1, 0.15) is 18.1 Å². The number of rotatable bonds is 2. The Labute approximate surface area is 138 Å². The van der Waals surface area contributed by atoms with E-state index in [4.69, 9.17) is 15.2 Å². The third kappa shape index (κ3) is 2.84. The lowest BCUT2D eigenvalue weighted by atomic mass is 10.0. The molecule has 0 unspecified atom stereocenters. The molecule has 0 spiro atoms. The Balaban J connectivity index is 1.98. The van der Waals surface area contributed by atoms with E-state index in [1.54, 1.807) is 6.07 Å². The molecule has 2 N–H and O–H groups in total. The highest BCUT2D eigenvalue weighted by Crippen LogP contribution is 2.39. The zero-order chi connectivity index (χ0) is 15.9.